The highest BCUT2D eigenvalue weighted by atomic mass is 32.2. The number of hydrogen-bond donors (Lipinski definition) is 2. The SMILES string of the molecule is C=CCN1C(=O)/C(=C/c2cccc(O)c2)SC1=Nc1ccc(O)cc1. The number of nitrogens with zero attached hydrogens (tertiary/aromatic N) is 2. The Bertz CT molecular complexity index is 872. The van der Waals surface area contributed by atoms with Crippen LogP contribution in [-0.4, -0.2) is 32.7 Å². The summed E-state index contributed by atoms with van der Waals surface area (Å²) < 4.78 is 0. The molecular formula is C19H16N2O3S. The Hall–Kier alpha value is -2.99. The second-order valence-corrected chi connectivity index (χ2v) is 6.33. The summed E-state index contributed by atoms with van der Waals surface area (Å²) in [7, 11) is 0. The first-order valence-electron chi connectivity index (χ1n) is 7.56. The molecule has 1 aliphatic heterocycles. The lowest BCUT2D eigenvalue weighted by Gasteiger charge is -2.12. The van der Waals surface area contributed by atoms with Gasteiger partial charge in [0.05, 0.1) is 10.6 Å². The van der Waals surface area contributed by atoms with Crippen molar-refractivity contribution in [1.82, 2.24) is 4.90 Å². The third-order valence-corrected chi connectivity index (χ3v) is 4.45. The second-order valence-electron chi connectivity index (χ2n) is 5.32. The minimum atomic E-state index is -0.161. The molecule has 0 atom stereocenters. The number of aliphatic imine (C=N–C) groups is 1. The maximum Gasteiger partial charge on any atom is 0.267 e. The van der Waals surface area contributed by atoms with Crippen molar-refractivity contribution in [3.05, 3.63) is 71.7 Å². The van der Waals surface area contributed by atoms with Crippen LogP contribution in [0.4, 0.5) is 5.69 Å². The van der Waals surface area contributed by atoms with Crippen molar-refractivity contribution in [2.45, 2.75) is 0 Å². The van der Waals surface area contributed by atoms with Crippen molar-refractivity contribution in [2.75, 3.05) is 6.54 Å². The zero-order valence-electron chi connectivity index (χ0n) is 13.3. The highest BCUT2D eigenvalue weighted by Crippen LogP contribution is 2.34. The van der Waals surface area contributed by atoms with Crippen LogP contribution >= 0.6 is 11.8 Å². The molecule has 25 heavy (non-hydrogen) atoms. The molecule has 0 radical (unpaired) electrons. The molecule has 5 nitrogen and oxygen atoms in total. The van der Waals surface area contributed by atoms with Gasteiger partial charge in [0.1, 0.15) is 11.5 Å². The van der Waals surface area contributed by atoms with Crippen molar-refractivity contribution in [1.29, 1.82) is 0 Å². The van der Waals surface area contributed by atoms with Gasteiger partial charge in [0.25, 0.3) is 5.91 Å². The topological polar surface area (TPSA) is 73.1 Å². The van der Waals surface area contributed by atoms with Crippen LogP contribution in [0.1, 0.15) is 5.56 Å². The number of phenolic OH excluding ortho intramolecular Hbond substituents is 2. The monoisotopic (exact) mass is 352 g/mol. The summed E-state index contributed by atoms with van der Waals surface area (Å²) in [5, 5.41) is 19.5. The zero-order chi connectivity index (χ0) is 17.8. The Morgan fingerprint density at radius 2 is 1.88 bits per heavy atom. The van der Waals surface area contributed by atoms with E-state index >= 15 is 0 Å². The third-order valence-electron chi connectivity index (χ3n) is 3.44. The standard InChI is InChI=1S/C19H16N2O3S/c1-2-10-21-18(24)17(12-13-4-3-5-16(23)11-13)25-19(21)20-14-6-8-15(22)9-7-14/h2-9,11-12,22-23H,1,10H2/b17-12-,20-19?. The molecule has 2 N–H and O–H groups in total. The Morgan fingerprint density at radius 3 is 2.56 bits per heavy atom. The van der Waals surface area contributed by atoms with Gasteiger partial charge >= 0.3 is 0 Å². The van der Waals surface area contributed by atoms with Gasteiger partial charge in [-0.25, -0.2) is 4.99 Å². The number of hydrogen-bond acceptors (Lipinski definition) is 5. The van der Waals surface area contributed by atoms with Crippen molar-refractivity contribution in [3.63, 3.8) is 0 Å². The molecule has 126 valence electrons. The second kappa shape index (κ2) is 7.27. The van der Waals surface area contributed by atoms with Crippen LogP contribution in [0.3, 0.4) is 0 Å². The predicted octanol–water partition coefficient (Wildman–Crippen LogP) is 3.89. The molecule has 0 bridgehead atoms. The lowest BCUT2D eigenvalue weighted by Crippen LogP contribution is -2.29. The predicted molar refractivity (Wildman–Crippen MR) is 101 cm³/mol. The number of thioether (sulfide) groups is 1. The van der Waals surface area contributed by atoms with Gasteiger partial charge in [0.2, 0.25) is 0 Å². The summed E-state index contributed by atoms with van der Waals surface area (Å²) in [4.78, 5) is 19.2. The first-order valence-corrected chi connectivity index (χ1v) is 8.37. The maximum atomic E-state index is 12.6. The highest BCUT2D eigenvalue weighted by Gasteiger charge is 2.32. The molecular weight excluding hydrogens is 336 g/mol. The smallest absolute Gasteiger partial charge is 0.267 e. The van der Waals surface area contributed by atoms with E-state index in [2.05, 4.69) is 11.6 Å². The third kappa shape index (κ3) is 3.92. The molecule has 0 saturated carbocycles. The van der Waals surface area contributed by atoms with Gasteiger partial charge in [-0.3, -0.25) is 9.69 Å². The summed E-state index contributed by atoms with van der Waals surface area (Å²) in [6, 6.07) is 13.1. The minimum absolute atomic E-state index is 0.144. The van der Waals surface area contributed by atoms with Crippen molar-refractivity contribution < 1.29 is 15.0 Å². The number of phenols is 2. The molecule has 0 aliphatic carbocycles. The van der Waals surface area contributed by atoms with Gasteiger partial charge < -0.3 is 10.2 Å². The first kappa shape index (κ1) is 16.9. The highest BCUT2D eigenvalue weighted by molar-refractivity contribution is 8.18. The Kier molecular flexibility index (Phi) is 4.90. The normalized spacial score (nSPS) is 17.4. The van der Waals surface area contributed by atoms with Gasteiger partial charge in [-0.2, -0.15) is 0 Å². The first-order chi connectivity index (χ1) is 12.1. The number of amides is 1. The summed E-state index contributed by atoms with van der Waals surface area (Å²) in [6.45, 7) is 4.04. The van der Waals surface area contributed by atoms with E-state index in [1.165, 1.54) is 11.8 Å². The van der Waals surface area contributed by atoms with Crippen molar-refractivity contribution in [2.24, 2.45) is 4.99 Å². The van der Waals surface area contributed by atoms with Crippen LogP contribution in [-0.2, 0) is 4.79 Å². The fourth-order valence-electron chi connectivity index (χ4n) is 2.29. The van der Waals surface area contributed by atoms with Crippen LogP contribution < -0.4 is 0 Å². The number of amidine groups is 1. The molecule has 0 spiro atoms. The molecule has 2 aromatic carbocycles. The summed E-state index contributed by atoms with van der Waals surface area (Å²) in [6.07, 6.45) is 3.37. The van der Waals surface area contributed by atoms with Crippen LogP contribution in [0.5, 0.6) is 11.5 Å². The molecule has 1 fully saturated rings. The van der Waals surface area contributed by atoms with E-state index in [1.54, 1.807) is 59.5 Å². The number of carbonyl (C=O) groups is 1. The van der Waals surface area contributed by atoms with Crippen LogP contribution in [0.15, 0.2) is 71.1 Å². The van der Waals surface area contributed by atoms with E-state index in [4.69, 9.17) is 0 Å². The van der Waals surface area contributed by atoms with Gasteiger partial charge in [-0.05, 0) is 59.8 Å². The molecule has 6 heteroatoms. The molecule has 3 rings (SSSR count). The largest absolute Gasteiger partial charge is 0.508 e. The van der Waals surface area contributed by atoms with Gasteiger partial charge in [0.15, 0.2) is 5.17 Å². The fourth-order valence-corrected chi connectivity index (χ4v) is 3.29. The lowest BCUT2D eigenvalue weighted by molar-refractivity contribution is -0.121. The van der Waals surface area contributed by atoms with Crippen LogP contribution in [0.25, 0.3) is 6.08 Å². The van der Waals surface area contributed by atoms with Crippen molar-refractivity contribution in [3.8, 4) is 11.5 Å². The van der Waals surface area contributed by atoms with Crippen LogP contribution in [0.2, 0.25) is 0 Å². The fraction of sp³-hybridized carbons (Fsp3) is 0.0526. The number of aromatic hydroxyl groups is 2. The molecule has 1 aliphatic rings. The molecule has 1 amide bonds. The maximum absolute atomic E-state index is 12.6. The quantitative estimate of drug-likeness (QED) is 0.647. The molecule has 0 unspecified atom stereocenters. The molecule has 1 heterocycles. The number of rotatable bonds is 4. The minimum Gasteiger partial charge on any atom is -0.508 e. The lowest BCUT2D eigenvalue weighted by atomic mass is 10.2. The Balaban J connectivity index is 1.94. The Labute approximate surface area is 149 Å². The van der Waals surface area contributed by atoms with E-state index in [-0.39, 0.29) is 17.4 Å². The number of benzene rings is 2. The van der Waals surface area contributed by atoms with Crippen LogP contribution in [0, 0.1) is 0 Å². The average Bonchev–Trinajstić information content (AvgIpc) is 2.86. The van der Waals surface area contributed by atoms with Gasteiger partial charge in [-0.1, -0.05) is 18.2 Å². The van der Waals surface area contributed by atoms with E-state index in [1.807, 2.05) is 6.07 Å². The van der Waals surface area contributed by atoms with Gasteiger partial charge in [0, 0.05) is 6.54 Å². The zero-order valence-corrected chi connectivity index (χ0v) is 14.1. The Morgan fingerprint density at radius 1 is 1.12 bits per heavy atom. The van der Waals surface area contributed by atoms with E-state index < -0.39 is 0 Å². The average molecular weight is 352 g/mol. The molecule has 1 saturated heterocycles. The van der Waals surface area contributed by atoms with E-state index in [9.17, 15) is 15.0 Å². The summed E-state index contributed by atoms with van der Waals surface area (Å²) >= 11 is 1.26. The number of carbonyl (C=O) groups excluding carboxylic acids is 1. The molecule has 2 aromatic rings. The summed E-state index contributed by atoms with van der Waals surface area (Å²) in [5.41, 5.74) is 1.38. The van der Waals surface area contributed by atoms with Gasteiger partial charge in [-0.15, -0.1) is 6.58 Å². The van der Waals surface area contributed by atoms with E-state index in [0.717, 1.165) is 5.56 Å². The molecule has 0 aromatic heterocycles. The van der Waals surface area contributed by atoms with Crippen molar-refractivity contribution >= 4 is 34.6 Å². The van der Waals surface area contributed by atoms with E-state index in [0.29, 0.717) is 22.3 Å². The summed E-state index contributed by atoms with van der Waals surface area (Å²) in [5.74, 6) is 0.142.